The van der Waals surface area contributed by atoms with Gasteiger partial charge in [0.2, 0.25) is 5.12 Å². The first kappa shape index (κ1) is 15.0. The Morgan fingerprint density at radius 1 is 1.13 bits per heavy atom. The van der Waals surface area contributed by atoms with Crippen LogP contribution in [-0.4, -0.2) is 22.1 Å². The third kappa shape index (κ3) is 6.96. The zero-order chi connectivity index (χ0) is 12.2. The Hall–Kier alpha value is -0.0200. The summed E-state index contributed by atoms with van der Waals surface area (Å²) in [6, 6.07) is 0. The van der Waals surface area contributed by atoms with Gasteiger partial charge in [0.1, 0.15) is 6.10 Å². The van der Waals surface area contributed by atoms with Crippen molar-refractivity contribution in [1.82, 2.24) is 0 Å². The van der Waals surface area contributed by atoms with E-state index in [-0.39, 0.29) is 16.8 Å². The van der Waals surface area contributed by atoms with E-state index in [1.54, 1.807) is 0 Å². The Labute approximate surface area is 98.2 Å². The van der Waals surface area contributed by atoms with Gasteiger partial charge in [0.15, 0.2) is 0 Å². The Kier molecular flexibility index (Phi) is 5.89. The van der Waals surface area contributed by atoms with Gasteiger partial charge in [0.05, 0.1) is 5.60 Å². The summed E-state index contributed by atoms with van der Waals surface area (Å²) in [6.07, 6.45) is -0.323. The van der Waals surface area contributed by atoms with Crippen molar-refractivity contribution in [2.45, 2.75) is 65.4 Å². The lowest BCUT2D eigenvalue weighted by Crippen LogP contribution is -2.30. The Bertz CT molecular complexity index is 206. The van der Waals surface area contributed by atoms with Gasteiger partial charge in [-0.05, 0) is 33.6 Å². The number of hydrogen-bond acceptors (Lipinski definition) is 3. The fraction of sp³-hybridized carbons (Fsp3) is 0.917. The maximum Gasteiger partial charge on any atom is 0.217 e. The summed E-state index contributed by atoms with van der Waals surface area (Å²) in [4.78, 5) is 11.8. The maximum atomic E-state index is 11.8. The number of hydrogen-bond donors (Lipinski definition) is 0. The van der Waals surface area contributed by atoms with E-state index in [0.717, 1.165) is 0 Å². The first-order chi connectivity index (χ1) is 6.63. The summed E-state index contributed by atoms with van der Waals surface area (Å²) in [7, 11) is 0. The molecule has 0 heterocycles. The summed E-state index contributed by atoms with van der Waals surface area (Å²) in [5.41, 5.74) is -0.253. The molecule has 0 aromatic rings. The monoisotopic (exact) mass is 232 g/mol. The highest BCUT2D eigenvalue weighted by atomic mass is 32.2. The second kappa shape index (κ2) is 5.90. The van der Waals surface area contributed by atoms with E-state index in [1.807, 2.05) is 27.7 Å². The molecule has 0 spiro atoms. The summed E-state index contributed by atoms with van der Waals surface area (Å²) in [5, 5.41) is 0.481. The zero-order valence-electron chi connectivity index (χ0n) is 11.0. The van der Waals surface area contributed by atoms with Crippen LogP contribution in [-0.2, 0) is 9.53 Å². The fourth-order valence-corrected chi connectivity index (χ4v) is 1.87. The van der Waals surface area contributed by atoms with Gasteiger partial charge in [-0.2, -0.15) is 0 Å². The first-order valence-electron chi connectivity index (χ1n) is 5.52. The molecular weight excluding hydrogens is 208 g/mol. The molecule has 2 atom stereocenters. The minimum atomic E-state index is -0.323. The maximum absolute atomic E-state index is 11.8. The van der Waals surface area contributed by atoms with Crippen LogP contribution in [0.15, 0.2) is 0 Å². The molecule has 0 fully saturated rings. The van der Waals surface area contributed by atoms with Gasteiger partial charge < -0.3 is 4.74 Å². The molecule has 90 valence electrons. The summed E-state index contributed by atoms with van der Waals surface area (Å²) in [5.74, 6) is 0.515. The molecular formula is C12H24O2S. The lowest BCUT2D eigenvalue weighted by atomic mass is 10.2. The van der Waals surface area contributed by atoms with Crippen molar-refractivity contribution >= 4 is 16.9 Å². The van der Waals surface area contributed by atoms with Crippen molar-refractivity contribution in [2.75, 3.05) is 0 Å². The van der Waals surface area contributed by atoms with Crippen LogP contribution in [0.1, 0.15) is 48.5 Å². The predicted molar refractivity (Wildman–Crippen MR) is 67.2 cm³/mol. The van der Waals surface area contributed by atoms with E-state index >= 15 is 0 Å². The van der Waals surface area contributed by atoms with Crippen LogP contribution in [0.25, 0.3) is 0 Å². The van der Waals surface area contributed by atoms with Gasteiger partial charge in [-0.3, -0.25) is 4.79 Å². The van der Waals surface area contributed by atoms with Crippen LogP contribution in [0.2, 0.25) is 0 Å². The first-order valence-corrected chi connectivity index (χ1v) is 6.39. The largest absolute Gasteiger partial charge is 0.364 e. The van der Waals surface area contributed by atoms with Crippen molar-refractivity contribution in [2.24, 2.45) is 5.92 Å². The van der Waals surface area contributed by atoms with Crippen LogP contribution < -0.4 is 0 Å². The number of carbonyl (C=O) groups is 1. The molecule has 2 nitrogen and oxygen atoms in total. The van der Waals surface area contributed by atoms with Crippen molar-refractivity contribution < 1.29 is 9.53 Å². The zero-order valence-corrected chi connectivity index (χ0v) is 11.8. The minimum absolute atomic E-state index is 0.131. The van der Waals surface area contributed by atoms with E-state index < -0.39 is 0 Å². The van der Waals surface area contributed by atoms with Gasteiger partial charge >= 0.3 is 0 Å². The third-order valence-electron chi connectivity index (χ3n) is 2.10. The van der Waals surface area contributed by atoms with Gasteiger partial charge in [-0.25, -0.2) is 0 Å². The summed E-state index contributed by atoms with van der Waals surface area (Å²) in [6.45, 7) is 14.1. The second-order valence-corrected chi connectivity index (χ2v) is 6.64. The van der Waals surface area contributed by atoms with Crippen LogP contribution in [0.3, 0.4) is 0 Å². The van der Waals surface area contributed by atoms with Crippen molar-refractivity contribution in [3.8, 4) is 0 Å². The number of thioether (sulfide) groups is 1. The van der Waals surface area contributed by atoms with Gasteiger partial charge in [0, 0.05) is 5.25 Å². The van der Waals surface area contributed by atoms with Gasteiger partial charge in [-0.15, -0.1) is 0 Å². The van der Waals surface area contributed by atoms with Gasteiger partial charge in [0.25, 0.3) is 0 Å². The second-order valence-electron chi connectivity index (χ2n) is 5.26. The fourth-order valence-electron chi connectivity index (χ4n) is 0.994. The molecule has 0 aromatic carbocycles. The summed E-state index contributed by atoms with van der Waals surface area (Å²) >= 11 is 1.39. The molecule has 15 heavy (non-hydrogen) atoms. The van der Waals surface area contributed by atoms with E-state index in [9.17, 15) is 4.79 Å². The van der Waals surface area contributed by atoms with E-state index in [4.69, 9.17) is 4.74 Å². The molecule has 0 aliphatic carbocycles. The molecule has 0 bridgehead atoms. The normalized spacial score (nSPS) is 16.5. The van der Waals surface area contributed by atoms with E-state index in [1.165, 1.54) is 11.8 Å². The molecule has 0 saturated heterocycles. The summed E-state index contributed by atoms with van der Waals surface area (Å²) < 4.78 is 5.61. The quantitative estimate of drug-likeness (QED) is 0.742. The van der Waals surface area contributed by atoms with Crippen molar-refractivity contribution in [3.63, 3.8) is 0 Å². The minimum Gasteiger partial charge on any atom is -0.364 e. The highest BCUT2D eigenvalue weighted by Crippen LogP contribution is 2.23. The van der Waals surface area contributed by atoms with Crippen LogP contribution in [0, 0.1) is 5.92 Å². The topological polar surface area (TPSA) is 26.3 Å². The van der Waals surface area contributed by atoms with Crippen LogP contribution in [0.5, 0.6) is 0 Å². The lowest BCUT2D eigenvalue weighted by Gasteiger charge is -2.25. The molecule has 0 aromatic heterocycles. The standard InChI is InChI=1S/C12H24O2S/c1-8(2)10(4)15-11(13)9(3)14-12(5,6)7/h8-10H,1-7H3. The van der Waals surface area contributed by atoms with Crippen LogP contribution >= 0.6 is 11.8 Å². The van der Waals surface area contributed by atoms with Crippen molar-refractivity contribution in [1.29, 1.82) is 0 Å². The van der Waals surface area contributed by atoms with Crippen LogP contribution in [0.4, 0.5) is 0 Å². The van der Waals surface area contributed by atoms with Gasteiger partial charge in [-0.1, -0.05) is 32.5 Å². The number of rotatable bonds is 4. The predicted octanol–water partition coefficient (Wildman–Crippen LogP) is 3.49. The Balaban J connectivity index is 4.11. The molecule has 0 amide bonds. The molecule has 0 rings (SSSR count). The average Bonchev–Trinajstić information content (AvgIpc) is 2.00. The Morgan fingerprint density at radius 3 is 1.93 bits per heavy atom. The lowest BCUT2D eigenvalue weighted by molar-refractivity contribution is -0.129. The Morgan fingerprint density at radius 2 is 1.60 bits per heavy atom. The van der Waals surface area contributed by atoms with Crippen molar-refractivity contribution in [3.05, 3.63) is 0 Å². The molecule has 0 aliphatic rings. The molecule has 0 aliphatic heterocycles. The third-order valence-corrected chi connectivity index (χ3v) is 3.58. The number of carbonyl (C=O) groups excluding carboxylic acids is 1. The average molecular weight is 232 g/mol. The molecule has 0 N–H and O–H groups in total. The highest BCUT2D eigenvalue weighted by Gasteiger charge is 2.23. The highest BCUT2D eigenvalue weighted by molar-refractivity contribution is 8.14. The smallest absolute Gasteiger partial charge is 0.217 e. The van der Waals surface area contributed by atoms with E-state index in [2.05, 4.69) is 20.8 Å². The molecule has 3 heteroatoms. The SMILES string of the molecule is CC(OC(C)(C)C)C(=O)SC(C)C(C)C. The molecule has 0 saturated carbocycles. The number of ether oxygens (including phenoxy) is 1. The molecule has 0 radical (unpaired) electrons. The molecule has 2 unspecified atom stereocenters. The van der Waals surface area contributed by atoms with E-state index in [0.29, 0.717) is 11.2 Å².